The molecule has 0 atom stereocenters. The summed E-state index contributed by atoms with van der Waals surface area (Å²) in [5.41, 5.74) is 5.56. The lowest BCUT2D eigenvalue weighted by Gasteiger charge is -2.37. The SMILES string of the molecule is O=C(NCCOC(=O)N(c1ccccc1-c1ccccc1)N1CCCCC1)c1ccc(CNCCc2ccc(O)cc2)cc1. The first-order valence-electron chi connectivity index (χ1n) is 15.3. The van der Waals surface area contributed by atoms with Gasteiger partial charge in [-0.1, -0.05) is 79.2 Å². The molecule has 0 saturated carbocycles. The highest BCUT2D eigenvalue weighted by molar-refractivity contribution is 5.94. The van der Waals surface area contributed by atoms with Crippen molar-refractivity contribution in [3.05, 3.63) is 120 Å². The molecule has 228 valence electrons. The quantitative estimate of drug-likeness (QED) is 0.171. The van der Waals surface area contributed by atoms with Crippen molar-refractivity contribution < 1.29 is 19.4 Å². The van der Waals surface area contributed by atoms with Crippen LogP contribution in [0.25, 0.3) is 11.1 Å². The molecule has 0 aliphatic carbocycles. The lowest BCUT2D eigenvalue weighted by molar-refractivity contribution is 0.0926. The van der Waals surface area contributed by atoms with Crippen LogP contribution in [0.15, 0.2) is 103 Å². The second-order valence-electron chi connectivity index (χ2n) is 10.9. The molecule has 1 fully saturated rings. The van der Waals surface area contributed by atoms with Crippen LogP contribution in [-0.4, -0.2) is 54.9 Å². The molecule has 0 unspecified atom stereocenters. The first-order chi connectivity index (χ1) is 21.6. The van der Waals surface area contributed by atoms with Crippen molar-refractivity contribution in [3.63, 3.8) is 0 Å². The van der Waals surface area contributed by atoms with Gasteiger partial charge in [-0.3, -0.25) is 4.79 Å². The molecule has 2 amide bonds. The van der Waals surface area contributed by atoms with E-state index >= 15 is 0 Å². The third-order valence-corrected chi connectivity index (χ3v) is 7.69. The Hall–Kier alpha value is -4.66. The van der Waals surface area contributed by atoms with Crippen LogP contribution >= 0.6 is 0 Å². The summed E-state index contributed by atoms with van der Waals surface area (Å²) in [5.74, 6) is 0.0576. The van der Waals surface area contributed by atoms with Crippen molar-refractivity contribution >= 4 is 17.7 Å². The molecule has 4 aromatic carbocycles. The summed E-state index contributed by atoms with van der Waals surface area (Å²) in [6.07, 6.45) is 3.58. The Morgan fingerprint density at radius 2 is 1.45 bits per heavy atom. The number of hydrogen-bond donors (Lipinski definition) is 3. The number of carbonyl (C=O) groups is 2. The molecular formula is C36H40N4O4. The molecule has 3 N–H and O–H groups in total. The van der Waals surface area contributed by atoms with E-state index in [9.17, 15) is 14.7 Å². The number of piperidine rings is 1. The smallest absolute Gasteiger partial charge is 0.429 e. The molecule has 5 rings (SSSR count). The zero-order valence-corrected chi connectivity index (χ0v) is 25.0. The summed E-state index contributed by atoms with van der Waals surface area (Å²) in [4.78, 5) is 26.3. The number of carbonyl (C=O) groups excluding carboxylic acids is 2. The fourth-order valence-corrected chi connectivity index (χ4v) is 5.33. The van der Waals surface area contributed by atoms with Gasteiger partial charge in [-0.15, -0.1) is 0 Å². The number of rotatable bonds is 12. The summed E-state index contributed by atoms with van der Waals surface area (Å²) >= 11 is 0. The number of nitrogens with zero attached hydrogens (tertiary/aromatic N) is 2. The van der Waals surface area contributed by atoms with E-state index < -0.39 is 6.09 Å². The van der Waals surface area contributed by atoms with Crippen LogP contribution in [0.3, 0.4) is 0 Å². The van der Waals surface area contributed by atoms with Crippen molar-refractivity contribution in [1.82, 2.24) is 15.6 Å². The summed E-state index contributed by atoms with van der Waals surface area (Å²) in [7, 11) is 0. The van der Waals surface area contributed by atoms with Gasteiger partial charge in [0.25, 0.3) is 5.91 Å². The van der Waals surface area contributed by atoms with E-state index in [1.807, 2.05) is 78.9 Å². The molecule has 44 heavy (non-hydrogen) atoms. The van der Waals surface area contributed by atoms with Gasteiger partial charge < -0.3 is 20.5 Å². The van der Waals surface area contributed by atoms with Gasteiger partial charge in [0, 0.05) is 30.8 Å². The summed E-state index contributed by atoms with van der Waals surface area (Å²) in [5, 5.41) is 19.4. The maximum absolute atomic E-state index is 13.5. The lowest BCUT2D eigenvalue weighted by Crippen LogP contribution is -2.50. The standard InChI is InChI=1S/C36H40N4O4/c41-32-19-15-28(16-20-32)21-22-37-27-29-13-17-31(18-14-29)35(42)38-23-26-44-36(43)40(39-24-7-2-8-25-39)34-12-6-5-11-33(34)30-9-3-1-4-10-30/h1,3-6,9-20,37,41H,2,7-8,21-27H2,(H,38,42). The van der Waals surface area contributed by atoms with Crippen molar-refractivity contribution in [2.75, 3.05) is 37.8 Å². The summed E-state index contributed by atoms with van der Waals surface area (Å²) < 4.78 is 5.71. The minimum absolute atomic E-state index is 0.0610. The molecule has 8 nitrogen and oxygen atoms in total. The first kappa shape index (κ1) is 30.8. The van der Waals surface area contributed by atoms with Gasteiger partial charge in [-0.25, -0.2) is 14.8 Å². The third kappa shape index (κ3) is 8.46. The average molecular weight is 593 g/mol. The van der Waals surface area contributed by atoms with E-state index in [1.165, 1.54) is 0 Å². The molecule has 4 aromatic rings. The number of nitrogens with one attached hydrogen (secondary N) is 2. The molecule has 0 radical (unpaired) electrons. The zero-order valence-electron chi connectivity index (χ0n) is 25.0. The predicted octanol–water partition coefficient (Wildman–Crippen LogP) is 6.17. The number of para-hydroxylation sites is 1. The monoisotopic (exact) mass is 592 g/mol. The number of aromatic hydroxyl groups is 1. The number of phenols is 1. The van der Waals surface area contributed by atoms with E-state index in [1.54, 1.807) is 29.3 Å². The first-order valence-corrected chi connectivity index (χ1v) is 15.3. The number of benzene rings is 4. The van der Waals surface area contributed by atoms with E-state index in [2.05, 4.69) is 15.6 Å². The second-order valence-corrected chi connectivity index (χ2v) is 10.9. The van der Waals surface area contributed by atoms with Crippen LogP contribution in [0, 0.1) is 0 Å². The number of amides is 2. The molecule has 1 aliphatic heterocycles. The highest BCUT2D eigenvalue weighted by Gasteiger charge is 2.28. The summed E-state index contributed by atoms with van der Waals surface area (Å²) in [6.45, 7) is 3.32. The lowest BCUT2D eigenvalue weighted by atomic mass is 10.0. The fraction of sp³-hybridized carbons (Fsp3) is 0.278. The number of phenolic OH excluding ortho intramolecular Hbond substituents is 1. The highest BCUT2D eigenvalue weighted by Crippen LogP contribution is 2.33. The van der Waals surface area contributed by atoms with Crippen LogP contribution in [0.2, 0.25) is 0 Å². The van der Waals surface area contributed by atoms with Gasteiger partial charge in [0.15, 0.2) is 0 Å². The largest absolute Gasteiger partial charge is 0.508 e. The third-order valence-electron chi connectivity index (χ3n) is 7.69. The number of anilines is 1. The predicted molar refractivity (Wildman–Crippen MR) is 173 cm³/mol. The van der Waals surface area contributed by atoms with E-state index in [0.717, 1.165) is 73.3 Å². The van der Waals surface area contributed by atoms with E-state index in [0.29, 0.717) is 12.1 Å². The van der Waals surface area contributed by atoms with Gasteiger partial charge in [-0.2, -0.15) is 0 Å². The second kappa shape index (κ2) is 15.7. The Morgan fingerprint density at radius 3 is 2.20 bits per heavy atom. The normalized spacial score (nSPS) is 13.3. The van der Waals surface area contributed by atoms with Gasteiger partial charge in [0.2, 0.25) is 0 Å². The topological polar surface area (TPSA) is 94.1 Å². The molecule has 1 heterocycles. The van der Waals surface area contributed by atoms with Gasteiger partial charge in [0.1, 0.15) is 12.4 Å². The molecule has 8 heteroatoms. The number of hydrogen-bond acceptors (Lipinski definition) is 6. The number of ether oxygens (including phenoxy) is 1. The van der Waals surface area contributed by atoms with Crippen molar-refractivity contribution in [1.29, 1.82) is 0 Å². The van der Waals surface area contributed by atoms with E-state index in [4.69, 9.17) is 4.74 Å². The van der Waals surface area contributed by atoms with Crippen molar-refractivity contribution in [2.45, 2.75) is 32.2 Å². The molecule has 1 aliphatic rings. The number of hydrazine groups is 1. The minimum Gasteiger partial charge on any atom is -0.508 e. The van der Waals surface area contributed by atoms with Gasteiger partial charge in [-0.05, 0) is 72.8 Å². The van der Waals surface area contributed by atoms with Gasteiger partial charge in [0.05, 0.1) is 12.2 Å². The Morgan fingerprint density at radius 1 is 0.773 bits per heavy atom. The van der Waals surface area contributed by atoms with Crippen LogP contribution < -0.4 is 15.6 Å². The van der Waals surface area contributed by atoms with Crippen LogP contribution in [0.4, 0.5) is 10.5 Å². The average Bonchev–Trinajstić information content (AvgIpc) is 3.07. The molecule has 0 spiro atoms. The highest BCUT2D eigenvalue weighted by atomic mass is 16.6. The van der Waals surface area contributed by atoms with Crippen LogP contribution in [-0.2, 0) is 17.7 Å². The Labute approximate surface area is 259 Å². The van der Waals surface area contributed by atoms with E-state index in [-0.39, 0.29) is 24.8 Å². The Bertz CT molecular complexity index is 1490. The summed E-state index contributed by atoms with van der Waals surface area (Å²) in [6, 6.07) is 32.6. The van der Waals surface area contributed by atoms with Gasteiger partial charge >= 0.3 is 6.09 Å². The van der Waals surface area contributed by atoms with Crippen LogP contribution in [0.1, 0.15) is 40.7 Å². The van der Waals surface area contributed by atoms with Crippen molar-refractivity contribution in [3.8, 4) is 16.9 Å². The fourth-order valence-electron chi connectivity index (χ4n) is 5.33. The minimum atomic E-state index is -0.452. The Kier molecular flexibility index (Phi) is 11.0. The van der Waals surface area contributed by atoms with Crippen molar-refractivity contribution in [2.24, 2.45) is 0 Å². The maximum Gasteiger partial charge on any atom is 0.429 e. The molecule has 1 saturated heterocycles. The zero-order chi connectivity index (χ0) is 30.6. The molecule has 0 bridgehead atoms. The Balaban J connectivity index is 1.11. The maximum atomic E-state index is 13.5. The van der Waals surface area contributed by atoms with Crippen LogP contribution in [0.5, 0.6) is 5.75 Å². The molecule has 0 aromatic heterocycles. The molecular weight excluding hydrogens is 552 g/mol.